The summed E-state index contributed by atoms with van der Waals surface area (Å²) in [5.41, 5.74) is 0. The molecule has 0 heterocycles. The molecule has 2 unspecified atom stereocenters. The topological polar surface area (TPSA) is 52.6 Å². The Labute approximate surface area is 212 Å². The van der Waals surface area contributed by atoms with E-state index >= 15 is 0 Å². The van der Waals surface area contributed by atoms with E-state index in [0.29, 0.717) is 24.7 Å². The highest BCUT2D eigenvalue weighted by atomic mass is 17.2. The number of ketones is 2. The third-order valence-corrected chi connectivity index (χ3v) is 7.19. The fraction of sp³-hybridized carbons (Fsp3) is 0.933. The van der Waals surface area contributed by atoms with E-state index < -0.39 is 12.2 Å². The lowest BCUT2D eigenvalue weighted by atomic mass is 9.91. The van der Waals surface area contributed by atoms with Crippen LogP contribution < -0.4 is 0 Å². The number of hydrogen-bond acceptors (Lipinski definition) is 4. The van der Waals surface area contributed by atoms with Crippen molar-refractivity contribution in [2.75, 3.05) is 0 Å². The van der Waals surface area contributed by atoms with Gasteiger partial charge in [0.1, 0.15) is 0 Å². The average Bonchev–Trinajstić information content (AvgIpc) is 2.79. The normalized spacial score (nSPS) is 13.9. The van der Waals surface area contributed by atoms with Crippen LogP contribution in [0.1, 0.15) is 145 Å². The second-order valence-electron chi connectivity index (χ2n) is 11.1. The van der Waals surface area contributed by atoms with Crippen molar-refractivity contribution in [1.29, 1.82) is 0 Å². The Morgan fingerprint density at radius 3 is 1.06 bits per heavy atom. The average molecular weight is 483 g/mol. The SMILES string of the molecule is CCC(CC)C(=O)C(CCCCCC(C)C)OOC(CCCCCC(C)C)C(=O)C(CC)CC. The summed E-state index contributed by atoms with van der Waals surface area (Å²) in [5.74, 6) is 1.68. The number of hydrogen-bond donors (Lipinski definition) is 0. The smallest absolute Gasteiger partial charge is 0.167 e. The van der Waals surface area contributed by atoms with Gasteiger partial charge in [-0.15, -0.1) is 0 Å². The monoisotopic (exact) mass is 482 g/mol. The quantitative estimate of drug-likeness (QED) is 0.0828. The van der Waals surface area contributed by atoms with Gasteiger partial charge in [0.15, 0.2) is 23.8 Å². The molecule has 0 aliphatic heterocycles. The highest BCUT2D eigenvalue weighted by Crippen LogP contribution is 2.23. The summed E-state index contributed by atoms with van der Waals surface area (Å²) in [6.45, 7) is 17.2. The summed E-state index contributed by atoms with van der Waals surface area (Å²) in [5, 5.41) is 0. The van der Waals surface area contributed by atoms with Crippen LogP contribution in [0.15, 0.2) is 0 Å². The minimum Gasteiger partial charge on any atom is -0.296 e. The summed E-state index contributed by atoms with van der Waals surface area (Å²) in [7, 11) is 0. The van der Waals surface area contributed by atoms with Crippen molar-refractivity contribution >= 4 is 11.6 Å². The summed E-state index contributed by atoms with van der Waals surface area (Å²) >= 11 is 0. The maximum absolute atomic E-state index is 13.2. The lowest BCUT2D eigenvalue weighted by molar-refractivity contribution is -0.338. The van der Waals surface area contributed by atoms with Crippen molar-refractivity contribution in [3.63, 3.8) is 0 Å². The molecule has 0 amide bonds. The molecule has 2 atom stereocenters. The first-order valence-corrected chi connectivity index (χ1v) is 14.6. The van der Waals surface area contributed by atoms with Crippen molar-refractivity contribution in [3.05, 3.63) is 0 Å². The molecule has 202 valence electrons. The molecular formula is C30H58O4. The van der Waals surface area contributed by atoms with E-state index in [-0.39, 0.29) is 23.4 Å². The largest absolute Gasteiger partial charge is 0.296 e. The first-order chi connectivity index (χ1) is 16.2. The molecular weight excluding hydrogens is 424 g/mol. The molecule has 0 fully saturated rings. The van der Waals surface area contributed by atoms with Crippen LogP contribution in [0.25, 0.3) is 0 Å². The minimum atomic E-state index is -0.568. The van der Waals surface area contributed by atoms with Crippen LogP contribution in [-0.2, 0) is 19.4 Å². The Balaban J connectivity index is 5.15. The number of rotatable bonds is 23. The van der Waals surface area contributed by atoms with Crippen LogP contribution in [0.5, 0.6) is 0 Å². The third kappa shape index (κ3) is 14.6. The van der Waals surface area contributed by atoms with E-state index in [2.05, 4.69) is 55.4 Å². The lowest BCUT2D eigenvalue weighted by Gasteiger charge is -2.25. The third-order valence-electron chi connectivity index (χ3n) is 7.19. The predicted molar refractivity (Wildman–Crippen MR) is 144 cm³/mol. The van der Waals surface area contributed by atoms with Gasteiger partial charge < -0.3 is 0 Å². The van der Waals surface area contributed by atoms with Gasteiger partial charge >= 0.3 is 0 Å². The molecule has 0 radical (unpaired) electrons. The zero-order valence-electron chi connectivity index (χ0n) is 24.0. The molecule has 0 saturated carbocycles. The van der Waals surface area contributed by atoms with E-state index in [9.17, 15) is 9.59 Å². The van der Waals surface area contributed by atoms with E-state index in [0.717, 1.165) is 51.4 Å². The molecule has 0 N–H and O–H groups in total. The Kier molecular flexibility index (Phi) is 20.0. The molecule has 4 nitrogen and oxygen atoms in total. The lowest BCUT2D eigenvalue weighted by Crippen LogP contribution is -2.36. The number of unbranched alkanes of at least 4 members (excludes halogenated alkanes) is 4. The van der Waals surface area contributed by atoms with Crippen LogP contribution in [0.4, 0.5) is 0 Å². The van der Waals surface area contributed by atoms with Crippen molar-refractivity contribution < 1.29 is 19.4 Å². The molecule has 0 bridgehead atoms. The van der Waals surface area contributed by atoms with Crippen LogP contribution in [0, 0.1) is 23.7 Å². The van der Waals surface area contributed by atoms with Gasteiger partial charge in [-0.2, -0.15) is 0 Å². The Hall–Kier alpha value is -0.740. The van der Waals surface area contributed by atoms with Crippen molar-refractivity contribution in [1.82, 2.24) is 0 Å². The van der Waals surface area contributed by atoms with Gasteiger partial charge in [-0.05, 0) is 50.4 Å². The summed E-state index contributed by atoms with van der Waals surface area (Å²) in [6, 6.07) is 0. The van der Waals surface area contributed by atoms with Crippen molar-refractivity contribution in [2.24, 2.45) is 23.7 Å². The maximum atomic E-state index is 13.2. The first kappa shape index (κ1) is 33.3. The van der Waals surface area contributed by atoms with E-state index in [1.807, 2.05) is 0 Å². The van der Waals surface area contributed by atoms with Crippen LogP contribution >= 0.6 is 0 Å². The fourth-order valence-electron chi connectivity index (χ4n) is 4.64. The molecule has 0 aliphatic carbocycles. The van der Waals surface area contributed by atoms with E-state index in [1.54, 1.807) is 0 Å². The number of Topliss-reactive ketones (excluding diaryl/α,β-unsaturated/α-hetero) is 2. The van der Waals surface area contributed by atoms with Gasteiger partial charge in [0.25, 0.3) is 0 Å². The van der Waals surface area contributed by atoms with Gasteiger partial charge in [-0.1, -0.05) is 107 Å². The van der Waals surface area contributed by atoms with Crippen molar-refractivity contribution in [3.8, 4) is 0 Å². The van der Waals surface area contributed by atoms with Crippen LogP contribution in [0.2, 0.25) is 0 Å². The maximum Gasteiger partial charge on any atom is 0.167 e. The van der Waals surface area contributed by atoms with E-state index in [4.69, 9.17) is 9.78 Å². The number of carbonyl (C=O) groups is 2. The standard InChI is InChI=1S/C30H58O4/c1-9-25(10-2)29(31)27(21-17-13-15-19-23(5)6)33-34-28(30(32)26(11-3)12-4)22-18-14-16-20-24(7)8/h23-28H,9-22H2,1-8H3. The molecule has 0 aromatic rings. The molecule has 0 aromatic carbocycles. The summed E-state index contributed by atoms with van der Waals surface area (Å²) < 4.78 is 0. The highest BCUT2D eigenvalue weighted by Gasteiger charge is 2.31. The molecule has 34 heavy (non-hydrogen) atoms. The van der Waals surface area contributed by atoms with Crippen LogP contribution in [0.3, 0.4) is 0 Å². The first-order valence-electron chi connectivity index (χ1n) is 14.6. The second-order valence-corrected chi connectivity index (χ2v) is 11.1. The number of carbonyl (C=O) groups excluding carboxylic acids is 2. The van der Waals surface area contributed by atoms with Gasteiger partial charge in [0, 0.05) is 11.8 Å². The highest BCUT2D eigenvalue weighted by molar-refractivity contribution is 5.86. The summed E-state index contributed by atoms with van der Waals surface area (Å²) in [6.07, 6.45) is 12.3. The zero-order valence-corrected chi connectivity index (χ0v) is 24.0. The van der Waals surface area contributed by atoms with E-state index in [1.165, 1.54) is 25.7 Å². The van der Waals surface area contributed by atoms with Gasteiger partial charge in [-0.25, -0.2) is 9.78 Å². The Morgan fingerprint density at radius 2 is 0.794 bits per heavy atom. The van der Waals surface area contributed by atoms with Gasteiger partial charge in [0.2, 0.25) is 0 Å². The Morgan fingerprint density at radius 1 is 0.500 bits per heavy atom. The molecule has 0 aliphatic rings. The second kappa shape index (κ2) is 20.5. The Bertz CT molecular complexity index is 460. The van der Waals surface area contributed by atoms with Gasteiger partial charge in [0.05, 0.1) is 0 Å². The molecule has 0 rings (SSSR count). The molecule has 0 saturated heterocycles. The zero-order chi connectivity index (χ0) is 25.9. The molecule has 0 spiro atoms. The minimum absolute atomic E-state index is 0.00604. The molecule has 4 heteroatoms. The fourth-order valence-corrected chi connectivity index (χ4v) is 4.64. The summed E-state index contributed by atoms with van der Waals surface area (Å²) in [4.78, 5) is 38.1. The van der Waals surface area contributed by atoms with Gasteiger partial charge in [-0.3, -0.25) is 9.59 Å². The molecule has 0 aromatic heterocycles. The van der Waals surface area contributed by atoms with Crippen molar-refractivity contribution in [2.45, 2.75) is 157 Å². The predicted octanol–water partition coefficient (Wildman–Crippen LogP) is 8.90. The van der Waals surface area contributed by atoms with Crippen LogP contribution in [-0.4, -0.2) is 23.8 Å².